The maximum absolute atomic E-state index is 12.5. The molecule has 0 saturated heterocycles. The number of carbonyl (C=O) groups is 2. The Morgan fingerprint density at radius 1 is 1.07 bits per heavy atom. The first-order valence-corrected chi connectivity index (χ1v) is 9.80. The van der Waals surface area contributed by atoms with E-state index in [2.05, 4.69) is 15.4 Å². The van der Waals surface area contributed by atoms with Crippen LogP contribution in [0.4, 0.5) is 5.69 Å². The van der Waals surface area contributed by atoms with Crippen molar-refractivity contribution in [1.29, 1.82) is 0 Å². The summed E-state index contributed by atoms with van der Waals surface area (Å²) in [5, 5.41) is 9.55. The summed E-state index contributed by atoms with van der Waals surface area (Å²) in [6.07, 6.45) is 2.57. The SMILES string of the molecule is COc1ccc(NC(=O)CCC(=O)N2CCC(c3ccccc3)=N2)c2cccnc12. The van der Waals surface area contributed by atoms with E-state index in [0.717, 1.165) is 16.7 Å². The fourth-order valence-corrected chi connectivity index (χ4v) is 3.45. The highest BCUT2D eigenvalue weighted by Crippen LogP contribution is 2.29. The molecule has 0 radical (unpaired) electrons. The number of anilines is 1. The zero-order valence-electron chi connectivity index (χ0n) is 16.7. The number of amides is 2. The highest BCUT2D eigenvalue weighted by molar-refractivity contribution is 6.04. The number of hydrogen-bond acceptors (Lipinski definition) is 5. The molecule has 2 heterocycles. The molecule has 0 aliphatic carbocycles. The van der Waals surface area contributed by atoms with E-state index in [1.165, 1.54) is 5.01 Å². The number of ether oxygens (including phenoxy) is 1. The summed E-state index contributed by atoms with van der Waals surface area (Å²) >= 11 is 0. The summed E-state index contributed by atoms with van der Waals surface area (Å²) in [4.78, 5) is 29.3. The summed E-state index contributed by atoms with van der Waals surface area (Å²) in [5.74, 6) is 0.252. The lowest BCUT2D eigenvalue weighted by atomic mass is 10.1. The van der Waals surface area contributed by atoms with Crippen molar-refractivity contribution >= 4 is 34.1 Å². The Labute approximate surface area is 174 Å². The zero-order chi connectivity index (χ0) is 20.9. The molecule has 0 saturated carbocycles. The molecule has 152 valence electrons. The summed E-state index contributed by atoms with van der Waals surface area (Å²) in [5.41, 5.74) is 3.23. The molecule has 1 aliphatic rings. The number of fused-ring (bicyclic) bond motifs is 1. The van der Waals surface area contributed by atoms with Crippen LogP contribution in [0.15, 0.2) is 65.9 Å². The molecule has 4 rings (SSSR count). The average molecular weight is 402 g/mol. The molecule has 0 fully saturated rings. The predicted octanol–water partition coefficient (Wildman–Crippen LogP) is 3.60. The van der Waals surface area contributed by atoms with Gasteiger partial charge in [0.05, 0.1) is 25.1 Å². The summed E-state index contributed by atoms with van der Waals surface area (Å²) in [6, 6.07) is 17.0. The molecule has 1 N–H and O–H groups in total. The van der Waals surface area contributed by atoms with Crippen molar-refractivity contribution in [3.63, 3.8) is 0 Å². The topological polar surface area (TPSA) is 83.9 Å². The van der Waals surface area contributed by atoms with Crippen LogP contribution in [0.5, 0.6) is 5.75 Å². The number of benzene rings is 2. The Bertz CT molecular complexity index is 1110. The van der Waals surface area contributed by atoms with Crippen molar-refractivity contribution in [2.75, 3.05) is 19.0 Å². The monoisotopic (exact) mass is 402 g/mol. The minimum atomic E-state index is -0.231. The Morgan fingerprint density at radius 2 is 1.90 bits per heavy atom. The van der Waals surface area contributed by atoms with Crippen LogP contribution in [0, 0.1) is 0 Å². The van der Waals surface area contributed by atoms with Crippen LogP contribution in [0.2, 0.25) is 0 Å². The molecule has 2 amide bonds. The molecule has 0 bridgehead atoms. The van der Waals surface area contributed by atoms with Gasteiger partial charge in [-0.15, -0.1) is 0 Å². The van der Waals surface area contributed by atoms with Gasteiger partial charge in [0, 0.05) is 30.8 Å². The molecule has 1 aromatic heterocycles. The lowest BCUT2D eigenvalue weighted by Gasteiger charge is -2.12. The van der Waals surface area contributed by atoms with Crippen LogP contribution < -0.4 is 10.1 Å². The minimum Gasteiger partial charge on any atom is -0.494 e. The number of aromatic nitrogens is 1. The molecule has 7 heteroatoms. The molecule has 0 atom stereocenters. The highest BCUT2D eigenvalue weighted by Gasteiger charge is 2.22. The maximum Gasteiger partial charge on any atom is 0.243 e. The van der Waals surface area contributed by atoms with Crippen LogP contribution >= 0.6 is 0 Å². The summed E-state index contributed by atoms with van der Waals surface area (Å²) in [7, 11) is 1.58. The summed E-state index contributed by atoms with van der Waals surface area (Å²) < 4.78 is 5.33. The van der Waals surface area contributed by atoms with Gasteiger partial charge in [0.2, 0.25) is 11.8 Å². The van der Waals surface area contributed by atoms with Gasteiger partial charge in [0.1, 0.15) is 11.3 Å². The van der Waals surface area contributed by atoms with Gasteiger partial charge in [-0.05, 0) is 29.8 Å². The van der Waals surface area contributed by atoms with Crippen molar-refractivity contribution in [1.82, 2.24) is 9.99 Å². The van der Waals surface area contributed by atoms with E-state index in [-0.39, 0.29) is 24.7 Å². The first kappa shape index (κ1) is 19.6. The van der Waals surface area contributed by atoms with Gasteiger partial charge < -0.3 is 10.1 Å². The fourth-order valence-electron chi connectivity index (χ4n) is 3.45. The molecular formula is C23H22N4O3. The Balaban J connectivity index is 1.37. The number of nitrogens with one attached hydrogen (secondary N) is 1. The van der Waals surface area contributed by atoms with Crippen molar-refractivity contribution in [2.45, 2.75) is 19.3 Å². The van der Waals surface area contributed by atoms with Crippen molar-refractivity contribution in [3.8, 4) is 5.75 Å². The van der Waals surface area contributed by atoms with Crippen molar-refractivity contribution in [3.05, 3.63) is 66.4 Å². The molecule has 7 nitrogen and oxygen atoms in total. The van der Waals surface area contributed by atoms with Crippen LogP contribution in [0.3, 0.4) is 0 Å². The van der Waals surface area contributed by atoms with Gasteiger partial charge in [-0.2, -0.15) is 5.10 Å². The van der Waals surface area contributed by atoms with Crippen LogP contribution in [-0.2, 0) is 9.59 Å². The minimum absolute atomic E-state index is 0.0826. The number of hydrogen-bond donors (Lipinski definition) is 1. The number of pyridine rings is 1. The van der Waals surface area contributed by atoms with E-state index in [4.69, 9.17) is 4.74 Å². The number of nitrogens with zero attached hydrogens (tertiary/aromatic N) is 3. The van der Waals surface area contributed by atoms with Gasteiger partial charge in [0.15, 0.2) is 0 Å². The van der Waals surface area contributed by atoms with Gasteiger partial charge in [-0.25, -0.2) is 5.01 Å². The lowest BCUT2D eigenvalue weighted by molar-refractivity contribution is -0.132. The third-order valence-electron chi connectivity index (χ3n) is 4.99. The van der Waals surface area contributed by atoms with E-state index < -0.39 is 0 Å². The van der Waals surface area contributed by atoms with Crippen LogP contribution in [-0.4, -0.2) is 41.2 Å². The molecule has 2 aromatic carbocycles. The van der Waals surface area contributed by atoms with E-state index in [0.29, 0.717) is 29.9 Å². The van der Waals surface area contributed by atoms with E-state index in [1.54, 1.807) is 31.5 Å². The normalized spacial score (nSPS) is 13.2. The second-order valence-electron chi connectivity index (χ2n) is 6.94. The smallest absolute Gasteiger partial charge is 0.243 e. The average Bonchev–Trinajstić information content (AvgIpc) is 3.29. The largest absolute Gasteiger partial charge is 0.494 e. The highest BCUT2D eigenvalue weighted by atomic mass is 16.5. The van der Waals surface area contributed by atoms with Gasteiger partial charge in [-0.1, -0.05) is 30.3 Å². The molecule has 30 heavy (non-hydrogen) atoms. The molecular weight excluding hydrogens is 380 g/mol. The van der Waals surface area contributed by atoms with Crippen LogP contribution in [0.1, 0.15) is 24.8 Å². The number of methoxy groups -OCH3 is 1. The van der Waals surface area contributed by atoms with Crippen molar-refractivity contribution < 1.29 is 14.3 Å². The van der Waals surface area contributed by atoms with Gasteiger partial charge in [-0.3, -0.25) is 14.6 Å². The Morgan fingerprint density at radius 3 is 2.70 bits per heavy atom. The third kappa shape index (κ3) is 4.15. The first-order chi connectivity index (χ1) is 14.7. The Hall–Kier alpha value is -3.74. The van der Waals surface area contributed by atoms with E-state index in [9.17, 15) is 9.59 Å². The summed E-state index contributed by atoms with van der Waals surface area (Å²) in [6.45, 7) is 0.541. The molecule has 3 aromatic rings. The van der Waals surface area contributed by atoms with Gasteiger partial charge in [0.25, 0.3) is 0 Å². The lowest BCUT2D eigenvalue weighted by Crippen LogP contribution is -2.25. The molecule has 0 unspecified atom stereocenters. The third-order valence-corrected chi connectivity index (χ3v) is 4.99. The molecule has 1 aliphatic heterocycles. The van der Waals surface area contributed by atoms with E-state index >= 15 is 0 Å². The van der Waals surface area contributed by atoms with E-state index in [1.807, 2.05) is 36.4 Å². The van der Waals surface area contributed by atoms with Crippen LogP contribution in [0.25, 0.3) is 10.9 Å². The zero-order valence-corrected chi connectivity index (χ0v) is 16.7. The van der Waals surface area contributed by atoms with Crippen molar-refractivity contribution in [2.24, 2.45) is 5.10 Å². The number of hydrazone groups is 1. The quantitative estimate of drug-likeness (QED) is 0.683. The van der Waals surface area contributed by atoms with Gasteiger partial charge >= 0.3 is 0 Å². The predicted molar refractivity (Wildman–Crippen MR) is 115 cm³/mol. The second kappa shape index (κ2) is 8.73. The maximum atomic E-state index is 12.5. The number of rotatable bonds is 6. The first-order valence-electron chi connectivity index (χ1n) is 9.80. The molecule has 0 spiro atoms. The standard InChI is InChI=1S/C23H22N4O3/c1-30-20-10-9-19(17-8-5-14-24-23(17)20)25-21(28)11-12-22(29)27-15-13-18(26-27)16-6-3-2-4-7-16/h2-10,14H,11-13,15H2,1H3,(H,25,28). The number of carbonyl (C=O) groups excluding carboxylic acids is 2. The second-order valence-corrected chi connectivity index (χ2v) is 6.94. The fraction of sp³-hybridized carbons (Fsp3) is 0.217. The Kier molecular flexibility index (Phi) is 5.70.